The van der Waals surface area contributed by atoms with Crippen LogP contribution in [0.5, 0.6) is 5.75 Å². The molecule has 3 rings (SSSR count). The number of fused-ring (bicyclic) bond motifs is 1. The number of nitrogens with two attached hydrogens (primary N) is 1. The highest BCUT2D eigenvalue weighted by atomic mass is 32.2. The Morgan fingerprint density at radius 3 is 2.81 bits per heavy atom. The zero-order valence-electron chi connectivity index (χ0n) is 12.5. The van der Waals surface area contributed by atoms with Crippen LogP contribution < -0.4 is 10.5 Å². The van der Waals surface area contributed by atoms with Crippen molar-refractivity contribution in [2.24, 2.45) is 5.73 Å². The summed E-state index contributed by atoms with van der Waals surface area (Å²) in [6, 6.07) is 14.9. The second kappa shape index (κ2) is 6.12. The highest BCUT2D eigenvalue weighted by Crippen LogP contribution is 2.37. The SMILES string of the molecule is Cc1cc([C@@H](C)N)ccc1OCC1Cc2ccccc2S1. The van der Waals surface area contributed by atoms with Crippen molar-refractivity contribution in [3.05, 3.63) is 59.2 Å². The van der Waals surface area contributed by atoms with Crippen LogP contribution in [0.1, 0.15) is 29.7 Å². The average molecular weight is 299 g/mol. The standard InChI is InChI=1S/C18H21NOS/c1-12-9-14(13(2)19)7-8-17(12)20-11-16-10-15-5-3-4-6-18(15)21-16/h3-9,13,16H,10-11,19H2,1-2H3/t13-,16?/m1/s1. The van der Waals surface area contributed by atoms with E-state index in [-0.39, 0.29) is 6.04 Å². The van der Waals surface area contributed by atoms with Crippen molar-refractivity contribution in [3.63, 3.8) is 0 Å². The smallest absolute Gasteiger partial charge is 0.122 e. The van der Waals surface area contributed by atoms with Gasteiger partial charge in [-0.1, -0.05) is 30.3 Å². The molecular weight excluding hydrogens is 278 g/mol. The van der Waals surface area contributed by atoms with E-state index in [4.69, 9.17) is 10.5 Å². The number of ether oxygens (including phenoxy) is 1. The van der Waals surface area contributed by atoms with Crippen LogP contribution in [0.3, 0.4) is 0 Å². The molecule has 2 aromatic carbocycles. The topological polar surface area (TPSA) is 35.2 Å². The molecule has 0 fully saturated rings. The van der Waals surface area contributed by atoms with Gasteiger partial charge in [0.15, 0.2) is 0 Å². The van der Waals surface area contributed by atoms with E-state index in [2.05, 4.69) is 43.3 Å². The summed E-state index contributed by atoms with van der Waals surface area (Å²) in [4.78, 5) is 1.40. The molecular formula is C18H21NOS. The van der Waals surface area contributed by atoms with Crippen molar-refractivity contribution in [1.82, 2.24) is 0 Å². The van der Waals surface area contributed by atoms with E-state index >= 15 is 0 Å². The van der Waals surface area contributed by atoms with Crippen LogP contribution in [-0.2, 0) is 6.42 Å². The first-order valence-corrected chi connectivity index (χ1v) is 8.25. The van der Waals surface area contributed by atoms with Crippen molar-refractivity contribution in [3.8, 4) is 5.75 Å². The van der Waals surface area contributed by atoms with Gasteiger partial charge in [0, 0.05) is 16.2 Å². The Hall–Kier alpha value is -1.45. The lowest BCUT2D eigenvalue weighted by atomic mass is 10.1. The third-order valence-electron chi connectivity index (χ3n) is 3.86. The van der Waals surface area contributed by atoms with Gasteiger partial charge in [-0.2, -0.15) is 0 Å². The summed E-state index contributed by atoms with van der Waals surface area (Å²) in [5, 5.41) is 0.509. The predicted octanol–water partition coefficient (Wildman–Crippen LogP) is 4.11. The summed E-state index contributed by atoms with van der Waals surface area (Å²) < 4.78 is 6.03. The van der Waals surface area contributed by atoms with Crippen molar-refractivity contribution in [2.45, 2.75) is 36.5 Å². The predicted molar refractivity (Wildman–Crippen MR) is 89.1 cm³/mol. The molecule has 110 valence electrons. The Labute approximate surface area is 130 Å². The lowest BCUT2D eigenvalue weighted by molar-refractivity contribution is 0.315. The van der Waals surface area contributed by atoms with Gasteiger partial charge in [-0.25, -0.2) is 0 Å². The van der Waals surface area contributed by atoms with E-state index in [0.717, 1.165) is 29.9 Å². The van der Waals surface area contributed by atoms with Crippen LogP contribution in [0.2, 0.25) is 0 Å². The Bertz CT molecular complexity index is 614. The Balaban J connectivity index is 1.62. The average Bonchev–Trinajstić information content (AvgIpc) is 2.88. The Morgan fingerprint density at radius 1 is 1.29 bits per heavy atom. The Morgan fingerprint density at radius 2 is 2.10 bits per heavy atom. The zero-order chi connectivity index (χ0) is 14.8. The van der Waals surface area contributed by atoms with Gasteiger partial charge in [0.25, 0.3) is 0 Å². The molecule has 2 N–H and O–H groups in total. The quantitative estimate of drug-likeness (QED) is 0.922. The molecule has 0 aliphatic carbocycles. The van der Waals surface area contributed by atoms with Crippen LogP contribution in [0.4, 0.5) is 0 Å². The minimum Gasteiger partial charge on any atom is -0.492 e. The third kappa shape index (κ3) is 3.25. The van der Waals surface area contributed by atoms with Gasteiger partial charge in [-0.3, -0.25) is 0 Å². The molecule has 1 aliphatic heterocycles. The lowest BCUT2D eigenvalue weighted by Crippen LogP contribution is -2.14. The first-order valence-electron chi connectivity index (χ1n) is 7.37. The molecule has 0 saturated heterocycles. The number of rotatable bonds is 4. The molecule has 2 aromatic rings. The fourth-order valence-electron chi connectivity index (χ4n) is 2.65. The lowest BCUT2D eigenvalue weighted by Gasteiger charge is -2.14. The minimum absolute atomic E-state index is 0.0673. The molecule has 3 heteroatoms. The molecule has 2 nitrogen and oxygen atoms in total. The number of hydrogen-bond acceptors (Lipinski definition) is 3. The molecule has 2 atom stereocenters. The summed E-state index contributed by atoms with van der Waals surface area (Å²) in [7, 11) is 0. The molecule has 0 spiro atoms. The van der Waals surface area contributed by atoms with Crippen molar-refractivity contribution in [1.29, 1.82) is 0 Å². The summed E-state index contributed by atoms with van der Waals surface area (Å²) in [5.74, 6) is 0.968. The maximum atomic E-state index is 6.03. The van der Waals surface area contributed by atoms with Crippen LogP contribution in [0, 0.1) is 6.92 Å². The van der Waals surface area contributed by atoms with Crippen molar-refractivity contribution in [2.75, 3.05) is 6.61 Å². The van der Waals surface area contributed by atoms with Gasteiger partial charge >= 0.3 is 0 Å². The normalized spacial score (nSPS) is 18.3. The van der Waals surface area contributed by atoms with Crippen LogP contribution in [0.15, 0.2) is 47.4 Å². The van der Waals surface area contributed by atoms with Crippen LogP contribution in [0.25, 0.3) is 0 Å². The van der Waals surface area contributed by atoms with Gasteiger partial charge in [-0.05, 0) is 49.1 Å². The van der Waals surface area contributed by atoms with Gasteiger partial charge < -0.3 is 10.5 Å². The summed E-state index contributed by atoms with van der Waals surface area (Å²) in [6.07, 6.45) is 1.10. The highest BCUT2D eigenvalue weighted by molar-refractivity contribution is 8.00. The second-order valence-electron chi connectivity index (χ2n) is 5.68. The van der Waals surface area contributed by atoms with E-state index in [1.165, 1.54) is 10.5 Å². The van der Waals surface area contributed by atoms with Crippen LogP contribution in [-0.4, -0.2) is 11.9 Å². The monoisotopic (exact) mass is 299 g/mol. The van der Waals surface area contributed by atoms with Gasteiger partial charge in [0.1, 0.15) is 12.4 Å². The Kier molecular flexibility index (Phi) is 4.22. The zero-order valence-corrected chi connectivity index (χ0v) is 13.3. The summed E-state index contributed by atoms with van der Waals surface area (Å²) >= 11 is 1.92. The number of thioether (sulfide) groups is 1. The van der Waals surface area contributed by atoms with Gasteiger partial charge in [0.2, 0.25) is 0 Å². The fraction of sp³-hybridized carbons (Fsp3) is 0.333. The highest BCUT2D eigenvalue weighted by Gasteiger charge is 2.22. The molecule has 0 bridgehead atoms. The number of benzene rings is 2. The van der Waals surface area contributed by atoms with Crippen molar-refractivity contribution < 1.29 is 4.74 Å². The fourth-order valence-corrected chi connectivity index (χ4v) is 3.87. The molecule has 0 saturated carbocycles. The second-order valence-corrected chi connectivity index (χ2v) is 7.02. The van der Waals surface area contributed by atoms with E-state index < -0.39 is 0 Å². The molecule has 1 unspecified atom stereocenters. The molecule has 1 heterocycles. The number of aryl methyl sites for hydroxylation is 1. The number of hydrogen-bond donors (Lipinski definition) is 1. The third-order valence-corrected chi connectivity index (χ3v) is 5.15. The first-order chi connectivity index (χ1) is 10.1. The molecule has 21 heavy (non-hydrogen) atoms. The van der Waals surface area contributed by atoms with Gasteiger partial charge in [0.05, 0.1) is 0 Å². The van der Waals surface area contributed by atoms with E-state index in [1.54, 1.807) is 0 Å². The molecule has 1 aliphatic rings. The molecule has 0 aromatic heterocycles. The minimum atomic E-state index is 0.0673. The maximum absolute atomic E-state index is 6.03. The molecule has 0 amide bonds. The van der Waals surface area contributed by atoms with E-state index in [1.807, 2.05) is 24.8 Å². The largest absolute Gasteiger partial charge is 0.492 e. The molecule has 0 radical (unpaired) electrons. The van der Waals surface area contributed by atoms with E-state index in [0.29, 0.717) is 5.25 Å². The maximum Gasteiger partial charge on any atom is 0.122 e. The summed E-state index contributed by atoms with van der Waals surface area (Å²) in [6.45, 7) is 4.83. The van der Waals surface area contributed by atoms with Gasteiger partial charge in [-0.15, -0.1) is 11.8 Å². The summed E-state index contributed by atoms with van der Waals surface area (Å²) in [5.41, 5.74) is 9.67. The van der Waals surface area contributed by atoms with Crippen LogP contribution >= 0.6 is 11.8 Å². The van der Waals surface area contributed by atoms with E-state index in [9.17, 15) is 0 Å². The van der Waals surface area contributed by atoms with Crippen molar-refractivity contribution >= 4 is 11.8 Å². The first kappa shape index (κ1) is 14.5.